The molecule has 0 amide bonds. The van der Waals surface area contributed by atoms with Crippen LogP contribution < -0.4 is 4.73 Å². The van der Waals surface area contributed by atoms with Crippen LogP contribution in [0.2, 0.25) is 0 Å². The normalized spacial score (nSPS) is 9.55. The van der Waals surface area contributed by atoms with Crippen LogP contribution in [0.1, 0.15) is 16.2 Å². The van der Waals surface area contributed by atoms with Crippen LogP contribution in [0.25, 0.3) is 0 Å². The lowest BCUT2D eigenvalue weighted by molar-refractivity contribution is -0.609. The molecule has 5 heteroatoms. The molecular formula is C6H6N2O3. The predicted octanol–water partition coefficient (Wildman–Crippen LogP) is -0.278. The summed E-state index contributed by atoms with van der Waals surface area (Å²) in [6, 6.07) is 0. The molecule has 0 aliphatic carbocycles. The Morgan fingerprint density at radius 2 is 2.45 bits per heavy atom. The van der Waals surface area contributed by atoms with Gasteiger partial charge in [-0.15, -0.1) is 0 Å². The van der Waals surface area contributed by atoms with E-state index in [0.29, 0.717) is 0 Å². The van der Waals surface area contributed by atoms with Gasteiger partial charge in [0, 0.05) is 0 Å². The molecule has 1 aromatic rings. The Labute approximate surface area is 62.5 Å². The fourth-order valence-electron chi connectivity index (χ4n) is 0.750. The van der Waals surface area contributed by atoms with Gasteiger partial charge in [0.1, 0.15) is 5.69 Å². The molecule has 1 rings (SSSR count). The van der Waals surface area contributed by atoms with Gasteiger partial charge in [-0.05, 0) is 6.92 Å². The van der Waals surface area contributed by atoms with Crippen molar-refractivity contribution in [2.24, 2.45) is 0 Å². The zero-order chi connectivity index (χ0) is 8.43. The second-order valence-electron chi connectivity index (χ2n) is 1.99. The van der Waals surface area contributed by atoms with Gasteiger partial charge in [-0.3, -0.25) is 0 Å². The number of carboxylic acids is 1. The fraction of sp³-hybridized carbons (Fsp3) is 0.167. The van der Waals surface area contributed by atoms with Gasteiger partial charge >= 0.3 is 11.7 Å². The van der Waals surface area contributed by atoms with Crippen molar-refractivity contribution < 1.29 is 14.6 Å². The second kappa shape index (κ2) is 2.53. The van der Waals surface area contributed by atoms with Crippen molar-refractivity contribution in [1.82, 2.24) is 4.98 Å². The number of carboxylic acid groups (broad SMARTS) is 1. The minimum Gasteiger partial charge on any atom is -0.618 e. The summed E-state index contributed by atoms with van der Waals surface area (Å²) in [7, 11) is 0. The van der Waals surface area contributed by atoms with E-state index in [9.17, 15) is 10.0 Å². The lowest BCUT2D eigenvalue weighted by atomic mass is 10.3. The monoisotopic (exact) mass is 154 g/mol. The first-order chi connectivity index (χ1) is 5.13. The van der Waals surface area contributed by atoms with E-state index in [0.717, 1.165) is 6.20 Å². The summed E-state index contributed by atoms with van der Waals surface area (Å²) < 4.78 is 0.282. The molecule has 0 unspecified atom stereocenters. The Bertz CT molecular complexity index is 278. The largest absolute Gasteiger partial charge is 0.618 e. The lowest BCUT2D eigenvalue weighted by Gasteiger charge is -2.00. The van der Waals surface area contributed by atoms with E-state index in [1.807, 2.05) is 0 Å². The molecule has 1 aromatic heterocycles. The molecule has 0 spiro atoms. The topological polar surface area (TPSA) is 77.1 Å². The van der Waals surface area contributed by atoms with Gasteiger partial charge in [0.2, 0.25) is 0 Å². The highest BCUT2D eigenvalue weighted by Crippen LogP contribution is 1.95. The summed E-state index contributed by atoms with van der Waals surface area (Å²) in [6.07, 6.45) is 2.31. The molecule has 0 aromatic carbocycles. The molecule has 0 bridgehead atoms. The third-order valence-corrected chi connectivity index (χ3v) is 1.24. The number of hydrogen-bond donors (Lipinski definition) is 1. The maximum Gasteiger partial charge on any atom is 0.404 e. The van der Waals surface area contributed by atoms with Gasteiger partial charge in [0.05, 0.1) is 6.20 Å². The van der Waals surface area contributed by atoms with E-state index in [2.05, 4.69) is 4.98 Å². The van der Waals surface area contributed by atoms with Crippen LogP contribution in [-0.4, -0.2) is 16.1 Å². The molecule has 0 aliphatic rings. The fourth-order valence-corrected chi connectivity index (χ4v) is 0.750. The molecule has 0 saturated carbocycles. The maximum atomic E-state index is 10.8. The number of nitrogens with zero attached hydrogens (tertiary/aromatic N) is 2. The summed E-state index contributed by atoms with van der Waals surface area (Å²) in [6.45, 7) is 1.47. The summed E-state index contributed by atoms with van der Waals surface area (Å²) >= 11 is 0. The summed E-state index contributed by atoms with van der Waals surface area (Å²) in [5.41, 5.74) is -0.109. The summed E-state index contributed by atoms with van der Waals surface area (Å²) in [5.74, 6) is -1.26. The van der Waals surface area contributed by atoms with Crippen LogP contribution in [0.15, 0.2) is 12.4 Å². The molecule has 58 valence electrons. The number of carbonyl (C=O) groups is 1. The molecular weight excluding hydrogens is 148 g/mol. The molecule has 0 fully saturated rings. The number of rotatable bonds is 1. The first-order valence-corrected chi connectivity index (χ1v) is 2.91. The molecule has 0 radical (unpaired) electrons. The van der Waals surface area contributed by atoms with Crippen molar-refractivity contribution >= 4 is 5.97 Å². The quantitative estimate of drug-likeness (QED) is 0.445. The van der Waals surface area contributed by atoms with E-state index >= 15 is 0 Å². The Kier molecular flexibility index (Phi) is 1.72. The van der Waals surface area contributed by atoms with Crippen LogP contribution in [-0.2, 0) is 0 Å². The van der Waals surface area contributed by atoms with Gasteiger partial charge in [-0.2, -0.15) is 4.73 Å². The van der Waals surface area contributed by atoms with Crippen molar-refractivity contribution in [2.75, 3.05) is 0 Å². The average Bonchev–Trinajstić information content (AvgIpc) is 1.85. The zero-order valence-corrected chi connectivity index (χ0v) is 5.81. The third-order valence-electron chi connectivity index (χ3n) is 1.24. The molecule has 1 heterocycles. The maximum absolute atomic E-state index is 10.8. The third kappa shape index (κ3) is 1.26. The van der Waals surface area contributed by atoms with Crippen LogP contribution >= 0.6 is 0 Å². The van der Waals surface area contributed by atoms with E-state index in [1.54, 1.807) is 0 Å². The molecule has 0 saturated heterocycles. The minimum absolute atomic E-state index is 0.218. The van der Waals surface area contributed by atoms with Crippen molar-refractivity contribution in [2.45, 2.75) is 6.92 Å². The van der Waals surface area contributed by atoms with Crippen molar-refractivity contribution in [3.05, 3.63) is 29.0 Å². The standard InChI is InChI=1S/C6H6N2O3/c1-4-5(6(9)10)8(11)3-2-7-4/h2-3H,1H3,(H,9,10). The summed E-state index contributed by atoms with van der Waals surface area (Å²) in [4.78, 5) is 14.0. The van der Waals surface area contributed by atoms with Gasteiger partial charge in [0.25, 0.3) is 0 Å². The Hall–Kier alpha value is -1.65. The Morgan fingerprint density at radius 3 is 2.82 bits per heavy atom. The van der Waals surface area contributed by atoms with Crippen molar-refractivity contribution in [3.63, 3.8) is 0 Å². The van der Waals surface area contributed by atoms with E-state index in [-0.39, 0.29) is 16.1 Å². The second-order valence-corrected chi connectivity index (χ2v) is 1.99. The van der Waals surface area contributed by atoms with E-state index < -0.39 is 5.97 Å². The Balaban J connectivity index is 3.32. The smallest absolute Gasteiger partial charge is 0.404 e. The number of aryl methyl sites for hydroxylation is 1. The average molecular weight is 154 g/mol. The number of aromatic nitrogens is 2. The minimum atomic E-state index is -1.26. The van der Waals surface area contributed by atoms with Crippen molar-refractivity contribution in [1.29, 1.82) is 0 Å². The highest BCUT2D eigenvalue weighted by atomic mass is 16.5. The van der Waals surface area contributed by atoms with Crippen LogP contribution in [0.3, 0.4) is 0 Å². The number of hydrogen-bond acceptors (Lipinski definition) is 3. The van der Waals surface area contributed by atoms with Crippen LogP contribution in [0, 0.1) is 12.1 Å². The number of aromatic carboxylic acids is 1. The van der Waals surface area contributed by atoms with Gasteiger partial charge in [-0.25, -0.2) is 9.78 Å². The molecule has 0 atom stereocenters. The molecule has 11 heavy (non-hydrogen) atoms. The highest BCUT2D eigenvalue weighted by Gasteiger charge is 2.18. The molecule has 1 N–H and O–H groups in total. The first kappa shape index (κ1) is 7.46. The zero-order valence-electron chi connectivity index (χ0n) is 5.81. The van der Waals surface area contributed by atoms with Crippen LogP contribution in [0.5, 0.6) is 0 Å². The highest BCUT2D eigenvalue weighted by molar-refractivity contribution is 5.84. The van der Waals surface area contributed by atoms with Crippen molar-refractivity contribution in [3.8, 4) is 0 Å². The first-order valence-electron chi connectivity index (χ1n) is 2.91. The Morgan fingerprint density at radius 1 is 1.82 bits per heavy atom. The van der Waals surface area contributed by atoms with Gasteiger partial charge < -0.3 is 10.3 Å². The predicted molar refractivity (Wildman–Crippen MR) is 34.9 cm³/mol. The van der Waals surface area contributed by atoms with E-state index in [4.69, 9.17) is 5.11 Å². The SMILES string of the molecule is Cc1ncc[n+]([O-])c1C(=O)O. The summed E-state index contributed by atoms with van der Waals surface area (Å²) in [5, 5.41) is 19.3. The molecule has 0 aliphatic heterocycles. The van der Waals surface area contributed by atoms with Gasteiger partial charge in [-0.1, -0.05) is 0 Å². The molecule has 5 nitrogen and oxygen atoms in total. The lowest BCUT2D eigenvalue weighted by Crippen LogP contribution is -2.35. The van der Waals surface area contributed by atoms with E-state index in [1.165, 1.54) is 13.1 Å². The van der Waals surface area contributed by atoms with Gasteiger partial charge in [0.15, 0.2) is 6.20 Å². The van der Waals surface area contributed by atoms with Crippen LogP contribution in [0.4, 0.5) is 0 Å².